The number of aryl methyl sites for hydroxylation is 3. The number of piperidine rings is 1. The Bertz CT molecular complexity index is 918. The second-order valence-electron chi connectivity index (χ2n) is 7.63. The number of aromatic nitrogens is 4. The fourth-order valence-electron chi connectivity index (χ4n) is 3.94. The van der Waals surface area contributed by atoms with Crippen LogP contribution in [0.2, 0.25) is 0 Å². The van der Waals surface area contributed by atoms with Crippen LogP contribution < -0.4 is 0 Å². The van der Waals surface area contributed by atoms with Crippen molar-refractivity contribution in [3.8, 4) is 0 Å². The van der Waals surface area contributed by atoms with Crippen LogP contribution in [0.3, 0.4) is 0 Å². The average molecular weight is 353 g/mol. The summed E-state index contributed by atoms with van der Waals surface area (Å²) in [5.41, 5.74) is 3.94. The summed E-state index contributed by atoms with van der Waals surface area (Å²) in [5, 5.41) is 11.0. The van der Waals surface area contributed by atoms with E-state index >= 15 is 0 Å². The number of imidazole rings is 2. The Hall–Kier alpha value is -2.18. The van der Waals surface area contributed by atoms with E-state index in [-0.39, 0.29) is 0 Å². The van der Waals surface area contributed by atoms with Gasteiger partial charge in [-0.25, -0.2) is 9.97 Å². The lowest BCUT2D eigenvalue weighted by Crippen LogP contribution is -2.46. The normalized spacial score (nSPS) is 17.8. The lowest BCUT2D eigenvalue weighted by atomic mass is 9.91. The van der Waals surface area contributed by atoms with Crippen molar-refractivity contribution in [1.29, 1.82) is 0 Å². The highest BCUT2D eigenvalue weighted by atomic mass is 16.3. The molecule has 4 heterocycles. The zero-order valence-corrected chi connectivity index (χ0v) is 15.8. The molecule has 0 atom stereocenters. The fraction of sp³-hybridized carbons (Fsp3) is 0.500. The number of nitrogens with zero attached hydrogens (tertiary/aromatic N) is 5. The van der Waals surface area contributed by atoms with Crippen molar-refractivity contribution in [2.45, 2.75) is 52.3 Å². The van der Waals surface area contributed by atoms with Crippen LogP contribution in [-0.4, -0.2) is 47.6 Å². The Balaban J connectivity index is 1.45. The average Bonchev–Trinajstić information content (AvgIpc) is 3.15. The van der Waals surface area contributed by atoms with Gasteiger partial charge in [0.05, 0.1) is 23.5 Å². The molecule has 6 nitrogen and oxygen atoms in total. The van der Waals surface area contributed by atoms with Gasteiger partial charge >= 0.3 is 0 Å². The summed E-state index contributed by atoms with van der Waals surface area (Å²) in [6.07, 6.45) is 7.39. The van der Waals surface area contributed by atoms with Gasteiger partial charge < -0.3 is 14.1 Å². The Morgan fingerprint density at radius 2 is 1.92 bits per heavy atom. The summed E-state index contributed by atoms with van der Waals surface area (Å²) < 4.78 is 4.26. The largest absolute Gasteiger partial charge is 0.388 e. The molecule has 0 aromatic carbocycles. The molecule has 0 bridgehead atoms. The molecule has 1 saturated heterocycles. The molecule has 1 aliphatic heterocycles. The van der Waals surface area contributed by atoms with Crippen molar-refractivity contribution < 1.29 is 5.11 Å². The van der Waals surface area contributed by atoms with E-state index in [4.69, 9.17) is 4.98 Å². The van der Waals surface area contributed by atoms with Crippen LogP contribution in [0.15, 0.2) is 30.7 Å². The van der Waals surface area contributed by atoms with Crippen LogP contribution >= 0.6 is 0 Å². The van der Waals surface area contributed by atoms with Gasteiger partial charge in [-0.15, -0.1) is 0 Å². The number of aliphatic hydroxyl groups is 1. The number of rotatable bonds is 4. The zero-order chi connectivity index (χ0) is 18.3. The molecule has 0 unspecified atom stereocenters. The highest BCUT2D eigenvalue weighted by Gasteiger charge is 2.33. The summed E-state index contributed by atoms with van der Waals surface area (Å²) in [5.74, 6) is 0.956. The summed E-state index contributed by atoms with van der Waals surface area (Å²) >= 11 is 0. The predicted molar refractivity (Wildman–Crippen MR) is 101 cm³/mol. The summed E-state index contributed by atoms with van der Waals surface area (Å²) in [6, 6.07) is 4.18. The molecule has 26 heavy (non-hydrogen) atoms. The molecule has 4 rings (SSSR count). The van der Waals surface area contributed by atoms with Gasteiger partial charge in [0.25, 0.3) is 0 Å². The van der Waals surface area contributed by atoms with Gasteiger partial charge in [0.2, 0.25) is 0 Å². The van der Waals surface area contributed by atoms with Gasteiger partial charge in [-0.2, -0.15) is 0 Å². The molecule has 0 radical (unpaired) electrons. The lowest BCUT2D eigenvalue weighted by Gasteiger charge is -2.38. The summed E-state index contributed by atoms with van der Waals surface area (Å²) in [4.78, 5) is 11.4. The van der Waals surface area contributed by atoms with Gasteiger partial charge in [-0.05, 0) is 45.2 Å². The number of likely N-dealkylation sites (tertiary alicyclic amines) is 1. The van der Waals surface area contributed by atoms with E-state index in [1.54, 1.807) is 6.20 Å². The van der Waals surface area contributed by atoms with E-state index < -0.39 is 5.60 Å². The number of hydrogen-bond donors (Lipinski definition) is 1. The fourth-order valence-corrected chi connectivity index (χ4v) is 3.94. The monoisotopic (exact) mass is 353 g/mol. The molecular weight excluding hydrogens is 326 g/mol. The minimum atomic E-state index is -0.646. The van der Waals surface area contributed by atoms with Crippen molar-refractivity contribution >= 4 is 5.65 Å². The van der Waals surface area contributed by atoms with Gasteiger partial charge in [-0.3, -0.25) is 4.90 Å². The van der Waals surface area contributed by atoms with Gasteiger partial charge in [0.1, 0.15) is 11.5 Å². The van der Waals surface area contributed by atoms with Gasteiger partial charge in [0.15, 0.2) is 0 Å². The number of fused-ring (bicyclic) bond motifs is 1. The van der Waals surface area contributed by atoms with E-state index in [0.29, 0.717) is 6.54 Å². The second kappa shape index (κ2) is 6.52. The van der Waals surface area contributed by atoms with Crippen LogP contribution in [0.25, 0.3) is 5.65 Å². The van der Waals surface area contributed by atoms with Crippen LogP contribution in [0.1, 0.15) is 35.6 Å². The van der Waals surface area contributed by atoms with E-state index in [1.165, 1.54) is 11.3 Å². The van der Waals surface area contributed by atoms with Crippen molar-refractivity contribution in [2.75, 3.05) is 13.1 Å². The molecule has 3 aromatic heterocycles. The predicted octanol–water partition coefficient (Wildman–Crippen LogP) is 2.48. The molecule has 138 valence electrons. The molecule has 1 fully saturated rings. The first kappa shape index (κ1) is 17.2. The van der Waals surface area contributed by atoms with E-state index in [0.717, 1.165) is 49.6 Å². The molecule has 0 amide bonds. The van der Waals surface area contributed by atoms with E-state index in [1.807, 2.05) is 17.7 Å². The van der Waals surface area contributed by atoms with Crippen LogP contribution in [-0.2, 0) is 13.1 Å². The molecule has 0 aliphatic carbocycles. The minimum absolute atomic E-state index is 0.626. The minimum Gasteiger partial charge on any atom is -0.388 e. The Morgan fingerprint density at radius 3 is 2.62 bits per heavy atom. The Kier molecular flexibility index (Phi) is 4.32. The first-order valence-corrected chi connectivity index (χ1v) is 9.31. The third kappa shape index (κ3) is 3.15. The SMILES string of the molecule is Cc1nc2c(C)cccn2c1CN1CCC(O)(Cn2ccnc2C)CC1. The standard InChI is InChI=1S/C20H27N5O/c1-15-5-4-9-25-18(16(2)22-19(15)25)13-23-10-6-20(26,7-11-23)14-24-12-8-21-17(24)3/h4-5,8-9,12,26H,6-7,10-11,13-14H2,1-3H3. The lowest BCUT2D eigenvalue weighted by molar-refractivity contribution is -0.0364. The maximum Gasteiger partial charge on any atom is 0.140 e. The van der Waals surface area contributed by atoms with Crippen molar-refractivity contribution in [3.63, 3.8) is 0 Å². The number of pyridine rings is 1. The van der Waals surface area contributed by atoms with Crippen LogP contribution in [0.4, 0.5) is 0 Å². The molecular formula is C20H27N5O. The highest BCUT2D eigenvalue weighted by Crippen LogP contribution is 2.26. The van der Waals surface area contributed by atoms with Crippen molar-refractivity contribution in [2.24, 2.45) is 0 Å². The maximum atomic E-state index is 11.0. The molecule has 0 saturated carbocycles. The van der Waals surface area contributed by atoms with Crippen molar-refractivity contribution in [1.82, 2.24) is 23.8 Å². The molecule has 0 spiro atoms. The Labute approximate surface area is 154 Å². The second-order valence-corrected chi connectivity index (χ2v) is 7.63. The third-order valence-corrected chi connectivity index (χ3v) is 5.69. The van der Waals surface area contributed by atoms with E-state index in [9.17, 15) is 5.11 Å². The molecule has 3 aromatic rings. The first-order chi connectivity index (χ1) is 12.5. The van der Waals surface area contributed by atoms with Crippen LogP contribution in [0, 0.1) is 20.8 Å². The summed E-state index contributed by atoms with van der Waals surface area (Å²) in [6.45, 7) is 9.45. The van der Waals surface area contributed by atoms with Gasteiger partial charge in [-0.1, -0.05) is 6.07 Å². The van der Waals surface area contributed by atoms with Gasteiger partial charge in [0, 0.05) is 38.2 Å². The van der Waals surface area contributed by atoms with Crippen molar-refractivity contribution in [3.05, 3.63) is 53.5 Å². The highest BCUT2D eigenvalue weighted by molar-refractivity contribution is 5.50. The quantitative estimate of drug-likeness (QED) is 0.783. The molecule has 1 N–H and O–H groups in total. The summed E-state index contributed by atoms with van der Waals surface area (Å²) in [7, 11) is 0. The Morgan fingerprint density at radius 1 is 1.15 bits per heavy atom. The first-order valence-electron chi connectivity index (χ1n) is 9.31. The smallest absolute Gasteiger partial charge is 0.140 e. The topological polar surface area (TPSA) is 58.6 Å². The molecule has 6 heteroatoms. The zero-order valence-electron chi connectivity index (χ0n) is 15.8. The third-order valence-electron chi connectivity index (χ3n) is 5.69. The maximum absolute atomic E-state index is 11.0. The molecule has 1 aliphatic rings. The van der Waals surface area contributed by atoms with E-state index in [2.05, 4.69) is 46.5 Å². The number of hydrogen-bond acceptors (Lipinski definition) is 4. The van der Waals surface area contributed by atoms with Crippen LogP contribution in [0.5, 0.6) is 0 Å².